The lowest BCUT2D eigenvalue weighted by Crippen LogP contribution is -2.52. The number of carbonyl (C=O) groups is 3. The molecule has 4 aliphatic carbocycles. The molecule has 30 heavy (non-hydrogen) atoms. The number of hydrogen-bond acceptors (Lipinski definition) is 3. The Morgan fingerprint density at radius 3 is 1.87 bits per heavy atom. The second kappa shape index (κ2) is 8.04. The minimum Gasteiger partial charge on any atom is -0.325 e. The van der Waals surface area contributed by atoms with Gasteiger partial charge in [-0.15, -0.1) is 0 Å². The van der Waals surface area contributed by atoms with Crippen LogP contribution in [-0.2, 0) is 9.59 Å². The Hall–Kier alpha value is -1.79. The van der Waals surface area contributed by atoms with Gasteiger partial charge in [-0.3, -0.25) is 20.4 Å². The number of carbonyl (C=O) groups excluding carboxylic acids is 3. The van der Waals surface area contributed by atoms with E-state index in [9.17, 15) is 14.4 Å². The lowest BCUT2D eigenvalue weighted by atomic mass is 9.49. The van der Waals surface area contributed by atoms with E-state index < -0.39 is 0 Å². The van der Waals surface area contributed by atoms with E-state index in [2.05, 4.69) is 10.9 Å². The Balaban J connectivity index is 1.05. The van der Waals surface area contributed by atoms with Crippen LogP contribution in [0.3, 0.4) is 0 Å². The average Bonchev–Trinajstić information content (AvgIpc) is 3.25. The Labute approximate surface area is 179 Å². The normalized spacial score (nSPS) is 35.5. The maximum Gasteiger partial charge on any atom is 0.319 e. The molecule has 7 heteroatoms. The van der Waals surface area contributed by atoms with Crippen molar-refractivity contribution in [3.8, 4) is 0 Å². The Morgan fingerprint density at radius 1 is 0.767 bits per heavy atom. The molecule has 0 unspecified atom stereocenters. The van der Waals surface area contributed by atoms with E-state index in [1.807, 2.05) is 9.80 Å². The van der Waals surface area contributed by atoms with Gasteiger partial charge in [0, 0.05) is 38.5 Å². The number of amides is 4. The van der Waals surface area contributed by atoms with Gasteiger partial charge < -0.3 is 9.80 Å². The average molecular weight is 417 g/mol. The van der Waals surface area contributed by atoms with Gasteiger partial charge in [0.2, 0.25) is 11.8 Å². The van der Waals surface area contributed by atoms with Crippen LogP contribution in [0, 0.1) is 29.1 Å². The van der Waals surface area contributed by atoms with Crippen LogP contribution in [0.5, 0.6) is 0 Å². The zero-order valence-corrected chi connectivity index (χ0v) is 18.0. The highest BCUT2D eigenvalue weighted by molar-refractivity contribution is 5.84. The van der Waals surface area contributed by atoms with Crippen LogP contribution >= 0.6 is 0 Å². The maximum atomic E-state index is 12.6. The number of hydrogen-bond donors (Lipinski definition) is 2. The van der Waals surface area contributed by atoms with Gasteiger partial charge in [-0.1, -0.05) is 0 Å². The molecule has 0 spiro atoms. The highest BCUT2D eigenvalue weighted by atomic mass is 16.2. The van der Waals surface area contributed by atoms with Gasteiger partial charge in [-0.25, -0.2) is 4.79 Å². The van der Waals surface area contributed by atoms with Crippen molar-refractivity contribution in [2.45, 2.75) is 70.6 Å². The van der Waals surface area contributed by atoms with Crippen molar-refractivity contribution >= 4 is 17.8 Å². The molecule has 2 heterocycles. The number of rotatable bonds is 3. The van der Waals surface area contributed by atoms with Crippen LogP contribution in [-0.4, -0.2) is 53.8 Å². The van der Waals surface area contributed by atoms with Gasteiger partial charge in [-0.2, -0.15) is 0 Å². The SMILES string of the molecule is O=C(CC12CC3CC(CC(C3)C1)C2)NNC(=O)C1CCN(C(=O)N2CCCC2)CC1. The minimum absolute atomic E-state index is 0.0352. The minimum atomic E-state index is -0.132. The van der Waals surface area contributed by atoms with Crippen molar-refractivity contribution in [3.63, 3.8) is 0 Å². The summed E-state index contributed by atoms with van der Waals surface area (Å²) in [5.74, 6) is 2.20. The van der Waals surface area contributed by atoms with Crippen LogP contribution in [0.4, 0.5) is 4.79 Å². The van der Waals surface area contributed by atoms with Crippen LogP contribution in [0.2, 0.25) is 0 Å². The summed E-state index contributed by atoms with van der Waals surface area (Å²) in [6, 6.07) is 0.121. The number of likely N-dealkylation sites (tertiary alicyclic amines) is 2. The molecule has 6 rings (SSSR count). The van der Waals surface area contributed by atoms with E-state index in [1.165, 1.54) is 38.5 Å². The van der Waals surface area contributed by atoms with E-state index in [1.54, 1.807) is 0 Å². The van der Waals surface area contributed by atoms with Crippen molar-refractivity contribution in [1.29, 1.82) is 0 Å². The van der Waals surface area contributed by atoms with Gasteiger partial charge in [0.1, 0.15) is 0 Å². The molecule has 6 fully saturated rings. The van der Waals surface area contributed by atoms with Crippen molar-refractivity contribution in [2.75, 3.05) is 26.2 Å². The third kappa shape index (κ3) is 4.04. The molecule has 2 N–H and O–H groups in total. The molecule has 0 aromatic heterocycles. The summed E-state index contributed by atoms with van der Waals surface area (Å²) in [6.45, 7) is 2.95. The van der Waals surface area contributed by atoms with Gasteiger partial charge in [0.05, 0.1) is 0 Å². The number of nitrogens with one attached hydrogen (secondary N) is 2. The zero-order valence-electron chi connectivity index (χ0n) is 18.0. The summed E-state index contributed by atoms with van der Waals surface area (Å²) in [7, 11) is 0. The fourth-order valence-corrected chi connectivity index (χ4v) is 7.57. The molecule has 0 atom stereocenters. The van der Waals surface area contributed by atoms with Crippen LogP contribution in [0.1, 0.15) is 70.6 Å². The predicted octanol–water partition coefficient (Wildman–Crippen LogP) is 2.67. The van der Waals surface area contributed by atoms with Crippen LogP contribution < -0.4 is 10.9 Å². The molecule has 0 aromatic rings. The predicted molar refractivity (Wildman–Crippen MR) is 112 cm³/mol. The summed E-state index contributed by atoms with van der Waals surface area (Å²) in [4.78, 5) is 41.5. The Morgan fingerprint density at radius 2 is 1.30 bits per heavy atom. The van der Waals surface area contributed by atoms with E-state index in [-0.39, 0.29) is 29.2 Å². The first-order valence-corrected chi connectivity index (χ1v) is 12.1. The molecule has 4 bridgehead atoms. The first kappa shape index (κ1) is 20.1. The molecule has 0 radical (unpaired) electrons. The number of urea groups is 1. The second-order valence-electron chi connectivity index (χ2n) is 10.9. The monoisotopic (exact) mass is 416 g/mol. The fourth-order valence-electron chi connectivity index (χ4n) is 7.57. The van der Waals surface area contributed by atoms with E-state index in [4.69, 9.17) is 0 Å². The highest BCUT2D eigenvalue weighted by Crippen LogP contribution is 2.61. The second-order valence-corrected chi connectivity index (χ2v) is 10.9. The maximum absolute atomic E-state index is 12.6. The van der Waals surface area contributed by atoms with Gasteiger partial charge in [0.15, 0.2) is 0 Å². The molecule has 2 aliphatic heterocycles. The number of piperidine rings is 1. The quantitative estimate of drug-likeness (QED) is 0.694. The Kier molecular flexibility index (Phi) is 5.40. The molecule has 6 aliphatic rings. The topological polar surface area (TPSA) is 81.8 Å². The number of hydrazine groups is 1. The summed E-state index contributed by atoms with van der Waals surface area (Å²) in [6.07, 6.45) is 11.8. The summed E-state index contributed by atoms with van der Waals surface area (Å²) in [5.41, 5.74) is 5.57. The third-order valence-electron chi connectivity index (χ3n) is 8.54. The molecule has 4 amide bonds. The lowest BCUT2D eigenvalue weighted by molar-refractivity contribution is -0.136. The standard InChI is InChI=1S/C23H36N4O3/c28-20(15-23-12-16-9-17(13-23)11-18(10-16)14-23)24-25-21(29)19-3-7-27(8-4-19)22(30)26-5-1-2-6-26/h16-19H,1-15H2,(H,24,28)(H,25,29). The first-order chi connectivity index (χ1) is 14.5. The molecular weight excluding hydrogens is 380 g/mol. The lowest BCUT2D eigenvalue weighted by Gasteiger charge is -2.56. The van der Waals surface area contributed by atoms with E-state index >= 15 is 0 Å². The molecule has 7 nitrogen and oxygen atoms in total. The van der Waals surface area contributed by atoms with E-state index in [0.29, 0.717) is 32.4 Å². The van der Waals surface area contributed by atoms with E-state index in [0.717, 1.165) is 43.7 Å². The van der Waals surface area contributed by atoms with Crippen molar-refractivity contribution in [2.24, 2.45) is 29.1 Å². The molecule has 4 saturated carbocycles. The first-order valence-electron chi connectivity index (χ1n) is 12.1. The molecule has 0 aromatic carbocycles. The van der Waals surface area contributed by atoms with Crippen molar-refractivity contribution < 1.29 is 14.4 Å². The molecular formula is C23H36N4O3. The van der Waals surface area contributed by atoms with Crippen molar-refractivity contribution in [3.05, 3.63) is 0 Å². The van der Waals surface area contributed by atoms with Crippen LogP contribution in [0.15, 0.2) is 0 Å². The Bertz CT molecular complexity index is 659. The van der Waals surface area contributed by atoms with Crippen molar-refractivity contribution in [1.82, 2.24) is 20.7 Å². The van der Waals surface area contributed by atoms with Gasteiger partial charge in [0.25, 0.3) is 0 Å². The molecule has 2 saturated heterocycles. The van der Waals surface area contributed by atoms with Gasteiger partial charge in [-0.05, 0) is 87.4 Å². The largest absolute Gasteiger partial charge is 0.325 e. The molecule has 166 valence electrons. The highest BCUT2D eigenvalue weighted by Gasteiger charge is 2.51. The van der Waals surface area contributed by atoms with Crippen LogP contribution in [0.25, 0.3) is 0 Å². The summed E-state index contributed by atoms with van der Waals surface area (Å²) >= 11 is 0. The smallest absolute Gasteiger partial charge is 0.319 e. The summed E-state index contributed by atoms with van der Waals surface area (Å²) < 4.78 is 0. The van der Waals surface area contributed by atoms with Gasteiger partial charge >= 0.3 is 6.03 Å². The number of nitrogens with zero attached hydrogens (tertiary/aromatic N) is 2. The summed E-state index contributed by atoms with van der Waals surface area (Å²) in [5, 5.41) is 0. The third-order valence-corrected chi connectivity index (χ3v) is 8.54. The zero-order chi connectivity index (χ0) is 20.7. The fraction of sp³-hybridized carbons (Fsp3) is 0.870.